The first-order valence-corrected chi connectivity index (χ1v) is 13.3. The average Bonchev–Trinajstić information content (AvgIpc) is 3.57. The Bertz CT molecular complexity index is 1110. The molecule has 2 saturated heterocycles. The number of amidine groups is 1. The van der Waals surface area contributed by atoms with Gasteiger partial charge in [-0.3, -0.25) is 20.5 Å². The Labute approximate surface area is 214 Å². The predicted molar refractivity (Wildman–Crippen MR) is 139 cm³/mol. The summed E-state index contributed by atoms with van der Waals surface area (Å²) in [5.74, 6) is 0.423. The Hall–Kier alpha value is -2.59. The number of piperidine rings is 1. The highest BCUT2D eigenvalue weighted by Gasteiger charge is 2.25. The van der Waals surface area contributed by atoms with E-state index >= 15 is 0 Å². The summed E-state index contributed by atoms with van der Waals surface area (Å²) in [6, 6.07) is 9.64. The topological polar surface area (TPSA) is 89.9 Å². The van der Waals surface area contributed by atoms with Crippen LogP contribution < -0.4 is 15.7 Å². The van der Waals surface area contributed by atoms with Crippen molar-refractivity contribution in [1.29, 1.82) is 5.41 Å². The first-order chi connectivity index (χ1) is 17.1. The third-order valence-corrected chi connectivity index (χ3v) is 7.75. The lowest BCUT2D eigenvalue weighted by Crippen LogP contribution is -2.38. The summed E-state index contributed by atoms with van der Waals surface area (Å²) in [5.41, 5.74) is 6.92. The fourth-order valence-corrected chi connectivity index (χ4v) is 5.59. The van der Waals surface area contributed by atoms with E-state index in [1.807, 2.05) is 12.1 Å². The van der Waals surface area contributed by atoms with Crippen LogP contribution in [0.3, 0.4) is 0 Å². The number of thiophene rings is 1. The van der Waals surface area contributed by atoms with Gasteiger partial charge in [-0.05, 0) is 43.5 Å². The van der Waals surface area contributed by atoms with Gasteiger partial charge in [0.25, 0.3) is 5.91 Å². The molecule has 2 fully saturated rings. The summed E-state index contributed by atoms with van der Waals surface area (Å²) in [6.07, 6.45) is 5.22. The minimum Gasteiger partial charge on any atom is -0.378 e. The zero-order chi connectivity index (χ0) is 24.2. The molecule has 0 saturated carbocycles. The van der Waals surface area contributed by atoms with Crippen LogP contribution in [0.1, 0.15) is 40.1 Å². The summed E-state index contributed by atoms with van der Waals surface area (Å²) in [4.78, 5) is 23.2. The summed E-state index contributed by atoms with van der Waals surface area (Å²) in [5, 5.41) is 11.7. The summed E-state index contributed by atoms with van der Waals surface area (Å²) in [7, 11) is 0. The first-order valence-electron chi connectivity index (χ1n) is 12.1. The van der Waals surface area contributed by atoms with E-state index in [9.17, 15) is 4.79 Å². The number of amides is 1. The van der Waals surface area contributed by atoms with Crippen LogP contribution in [0.2, 0.25) is 4.34 Å². The molecule has 10 heteroatoms. The van der Waals surface area contributed by atoms with Crippen LogP contribution in [0.5, 0.6) is 0 Å². The molecular formula is C25H30ClN5O3S. The molecule has 0 bridgehead atoms. The maximum absolute atomic E-state index is 12.4. The highest BCUT2D eigenvalue weighted by molar-refractivity contribution is 7.18. The number of rotatable bonds is 6. The number of anilines is 1. The molecule has 1 atom stereocenters. The van der Waals surface area contributed by atoms with Crippen molar-refractivity contribution in [1.82, 2.24) is 15.7 Å². The maximum Gasteiger partial charge on any atom is 0.261 e. The van der Waals surface area contributed by atoms with Crippen molar-refractivity contribution < 1.29 is 14.4 Å². The fourth-order valence-electron chi connectivity index (χ4n) is 4.63. The van der Waals surface area contributed by atoms with Crippen molar-refractivity contribution in [3.8, 4) is 0 Å². The van der Waals surface area contributed by atoms with Crippen molar-refractivity contribution in [3.63, 3.8) is 0 Å². The second-order valence-electron chi connectivity index (χ2n) is 8.88. The van der Waals surface area contributed by atoms with Gasteiger partial charge >= 0.3 is 0 Å². The number of benzene rings is 1. The minimum atomic E-state index is -0.298. The molecule has 35 heavy (non-hydrogen) atoms. The van der Waals surface area contributed by atoms with Crippen molar-refractivity contribution in [2.75, 3.05) is 50.8 Å². The van der Waals surface area contributed by atoms with Crippen molar-refractivity contribution in [2.24, 2.45) is 0 Å². The number of nitrogens with one attached hydrogen (secondary N) is 3. The van der Waals surface area contributed by atoms with E-state index in [0.717, 1.165) is 61.5 Å². The molecule has 3 aliphatic rings. The van der Waals surface area contributed by atoms with Crippen LogP contribution in [0, 0.1) is 5.41 Å². The fraction of sp³-hybridized carbons (Fsp3) is 0.440. The molecule has 2 aromatic rings. The van der Waals surface area contributed by atoms with Crippen LogP contribution in [-0.4, -0.2) is 68.7 Å². The Kier molecular flexibility index (Phi) is 7.57. The molecule has 0 radical (unpaired) electrons. The summed E-state index contributed by atoms with van der Waals surface area (Å²) >= 11 is 7.19. The van der Waals surface area contributed by atoms with Gasteiger partial charge in [-0.2, -0.15) is 0 Å². The van der Waals surface area contributed by atoms with E-state index in [2.05, 4.69) is 32.7 Å². The van der Waals surface area contributed by atoms with Gasteiger partial charge in [-0.1, -0.05) is 23.7 Å². The van der Waals surface area contributed by atoms with Crippen LogP contribution >= 0.6 is 22.9 Å². The molecular weight excluding hydrogens is 486 g/mol. The number of hydrogen-bond acceptors (Lipinski definition) is 7. The number of carbonyl (C=O) groups is 1. The second kappa shape index (κ2) is 11.0. The van der Waals surface area contributed by atoms with E-state index in [1.165, 1.54) is 17.8 Å². The lowest BCUT2D eigenvalue weighted by Gasteiger charge is -2.32. The second-order valence-corrected chi connectivity index (χ2v) is 10.6. The maximum atomic E-state index is 12.4. The average molecular weight is 516 g/mol. The minimum absolute atomic E-state index is 0.165. The molecule has 1 amide bonds. The van der Waals surface area contributed by atoms with Gasteiger partial charge in [0.15, 0.2) is 0 Å². The van der Waals surface area contributed by atoms with Gasteiger partial charge in [0.1, 0.15) is 11.9 Å². The van der Waals surface area contributed by atoms with Crippen molar-refractivity contribution in [3.05, 3.63) is 56.7 Å². The van der Waals surface area contributed by atoms with Gasteiger partial charge < -0.3 is 19.9 Å². The highest BCUT2D eigenvalue weighted by Crippen LogP contribution is 2.31. The van der Waals surface area contributed by atoms with E-state index < -0.39 is 0 Å². The van der Waals surface area contributed by atoms with Gasteiger partial charge in [0.05, 0.1) is 34.7 Å². The molecule has 3 N–H and O–H groups in total. The smallest absolute Gasteiger partial charge is 0.261 e. The third-order valence-electron chi connectivity index (χ3n) is 6.52. The van der Waals surface area contributed by atoms with Gasteiger partial charge in [-0.15, -0.1) is 11.3 Å². The molecule has 1 aromatic heterocycles. The molecule has 0 aliphatic carbocycles. The Morgan fingerprint density at radius 1 is 1.14 bits per heavy atom. The van der Waals surface area contributed by atoms with Crippen LogP contribution in [-0.2, 0) is 9.57 Å². The molecule has 4 heterocycles. The zero-order valence-electron chi connectivity index (χ0n) is 19.5. The number of likely N-dealkylation sites (tertiary alicyclic amines) is 1. The number of halogens is 1. The quantitative estimate of drug-likeness (QED) is 0.401. The molecule has 186 valence electrons. The predicted octanol–water partition coefficient (Wildman–Crippen LogP) is 3.72. The largest absolute Gasteiger partial charge is 0.378 e. The number of nitrogens with zero attached hydrogens (tertiary/aromatic N) is 2. The lowest BCUT2D eigenvalue weighted by atomic mass is 10.0. The third kappa shape index (κ3) is 5.64. The van der Waals surface area contributed by atoms with E-state index in [0.29, 0.717) is 34.8 Å². The monoisotopic (exact) mass is 515 g/mol. The molecule has 8 nitrogen and oxygen atoms in total. The van der Waals surface area contributed by atoms with E-state index in [1.54, 1.807) is 12.1 Å². The normalized spacial score (nSPS) is 20.4. The Morgan fingerprint density at radius 3 is 2.69 bits per heavy atom. The first kappa shape index (κ1) is 24.1. The lowest BCUT2D eigenvalue weighted by molar-refractivity contribution is 0.0499. The van der Waals surface area contributed by atoms with Crippen LogP contribution in [0.15, 0.2) is 36.4 Å². The Balaban J connectivity index is 1.33. The Morgan fingerprint density at radius 2 is 1.94 bits per heavy atom. The molecule has 0 spiro atoms. The molecule has 1 unspecified atom stereocenters. The standard InChI is InChI=1S/C25H30ClN5O3S/c26-23-7-6-22(35-23)25(32)28-16-18-15-20(29-34-18)19-5-4-17(24(27)31-8-2-1-3-9-31)14-21(19)30-10-12-33-13-11-30/h4-7,14-15,18,27,29H,1-3,8-13,16H2,(H,28,32). The molecule has 1 aromatic carbocycles. The van der Waals surface area contributed by atoms with E-state index in [-0.39, 0.29) is 12.0 Å². The number of hydroxylamine groups is 1. The highest BCUT2D eigenvalue weighted by atomic mass is 35.5. The van der Waals surface area contributed by atoms with Gasteiger partial charge in [0, 0.05) is 43.0 Å². The van der Waals surface area contributed by atoms with Crippen molar-refractivity contribution in [2.45, 2.75) is 25.4 Å². The van der Waals surface area contributed by atoms with E-state index in [4.69, 9.17) is 26.6 Å². The van der Waals surface area contributed by atoms with Gasteiger partial charge in [-0.25, -0.2) is 0 Å². The SMILES string of the molecule is N=C(c1ccc(C2=CC(CNC(=O)c3ccc(Cl)s3)ON2)c(N2CCOCC2)c1)N1CCCCC1. The molecule has 3 aliphatic heterocycles. The number of morpholine rings is 1. The van der Waals surface area contributed by atoms with Gasteiger partial charge in [0.2, 0.25) is 0 Å². The number of carbonyl (C=O) groups excluding carboxylic acids is 1. The number of hydrogen-bond donors (Lipinski definition) is 3. The van der Waals surface area contributed by atoms with Crippen molar-refractivity contribution >= 4 is 46.1 Å². The number of ether oxygens (including phenoxy) is 1. The zero-order valence-corrected chi connectivity index (χ0v) is 21.1. The summed E-state index contributed by atoms with van der Waals surface area (Å²) < 4.78 is 6.16. The molecule has 5 rings (SSSR count). The summed E-state index contributed by atoms with van der Waals surface area (Å²) in [6.45, 7) is 5.18. The van der Waals surface area contributed by atoms with Crippen LogP contribution in [0.25, 0.3) is 5.70 Å². The van der Waals surface area contributed by atoms with Crippen LogP contribution in [0.4, 0.5) is 5.69 Å².